The van der Waals surface area contributed by atoms with E-state index in [2.05, 4.69) is 0 Å². The van der Waals surface area contributed by atoms with Gasteiger partial charge in [-0.25, -0.2) is 9.79 Å². The van der Waals surface area contributed by atoms with Crippen LogP contribution in [0.2, 0.25) is 0 Å². The maximum atomic E-state index is 13.8. The first-order chi connectivity index (χ1) is 17.0. The molecule has 35 heavy (non-hydrogen) atoms. The number of esters is 1. The monoisotopic (exact) mass is 492 g/mol. The standard InChI is InChI=1S/C27H28N2O5S/c1-5-10-20-23(26(31)34-6-2)24(19-16-18(32-3)13-14-21(19)33-4)29-25(30)22(35-27(29)28-20)15-17-11-8-7-9-12-17/h7-9,11-16,24H,5-6,10H2,1-4H3/b22-15+. The lowest BCUT2D eigenvalue weighted by atomic mass is 9.93. The first-order valence-corrected chi connectivity index (χ1v) is 12.3. The quantitative estimate of drug-likeness (QED) is 0.449. The molecule has 3 aromatic rings. The second kappa shape index (κ2) is 10.7. The average molecular weight is 493 g/mol. The van der Waals surface area contributed by atoms with Crippen LogP contribution in [0.15, 0.2) is 69.6 Å². The summed E-state index contributed by atoms with van der Waals surface area (Å²) in [5, 5.41) is 0. The molecule has 0 saturated heterocycles. The van der Waals surface area contributed by atoms with Gasteiger partial charge >= 0.3 is 5.97 Å². The third-order valence-corrected chi connectivity index (χ3v) is 6.70. The molecule has 0 saturated carbocycles. The molecule has 1 unspecified atom stereocenters. The molecule has 0 amide bonds. The van der Waals surface area contributed by atoms with E-state index < -0.39 is 12.0 Å². The lowest BCUT2D eigenvalue weighted by Crippen LogP contribution is -2.40. The van der Waals surface area contributed by atoms with Crippen molar-refractivity contribution in [1.82, 2.24) is 4.57 Å². The van der Waals surface area contributed by atoms with Crippen molar-refractivity contribution in [1.29, 1.82) is 0 Å². The van der Waals surface area contributed by atoms with Gasteiger partial charge in [0.2, 0.25) is 0 Å². The summed E-state index contributed by atoms with van der Waals surface area (Å²) in [7, 11) is 3.13. The van der Waals surface area contributed by atoms with Gasteiger partial charge in [-0.05, 0) is 43.2 Å². The van der Waals surface area contributed by atoms with Gasteiger partial charge in [-0.15, -0.1) is 0 Å². The zero-order valence-electron chi connectivity index (χ0n) is 20.2. The van der Waals surface area contributed by atoms with Crippen LogP contribution in [-0.2, 0) is 9.53 Å². The number of benzene rings is 2. The minimum Gasteiger partial charge on any atom is -0.497 e. The summed E-state index contributed by atoms with van der Waals surface area (Å²) in [5.74, 6) is 0.629. The van der Waals surface area contributed by atoms with Gasteiger partial charge < -0.3 is 14.2 Å². The van der Waals surface area contributed by atoms with Gasteiger partial charge in [-0.2, -0.15) is 0 Å². The van der Waals surface area contributed by atoms with E-state index in [1.54, 1.807) is 43.9 Å². The highest BCUT2D eigenvalue weighted by Crippen LogP contribution is 2.38. The van der Waals surface area contributed by atoms with Crippen molar-refractivity contribution in [2.45, 2.75) is 32.7 Å². The summed E-state index contributed by atoms with van der Waals surface area (Å²) >= 11 is 1.31. The van der Waals surface area contributed by atoms with Gasteiger partial charge in [0.15, 0.2) is 4.80 Å². The van der Waals surface area contributed by atoms with Crippen LogP contribution in [0.3, 0.4) is 0 Å². The summed E-state index contributed by atoms with van der Waals surface area (Å²) in [4.78, 5) is 32.4. The van der Waals surface area contributed by atoms with Gasteiger partial charge in [0.1, 0.15) is 17.5 Å². The highest BCUT2D eigenvalue weighted by Gasteiger charge is 2.36. The van der Waals surface area contributed by atoms with E-state index in [1.807, 2.05) is 43.3 Å². The van der Waals surface area contributed by atoms with E-state index in [0.29, 0.717) is 44.1 Å². The minimum atomic E-state index is -0.769. The molecule has 182 valence electrons. The van der Waals surface area contributed by atoms with Crippen molar-refractivity contribution in [3.63, 3.8) is 0 Å². The van der Waals surface area contributed by atoms with E-state index in [0.717, 1.165) is 12.0 Å². The van der Waals surface area contributed by atoms with Crippen molar-refractivity contribution in [2.75, 3.05) is 20.8 Å². The molecule has 2 aromatic carbocycles. The second-order valence-corrected chi connectivity index (χ2v) is 8.94. The molecule has 1 atom stereocenters. The van der Waals surface area contributed by atoms with Crippen molar-refractivity contribution >= 4 is 23.4 Å². The van der Waals surface area contributed by atoms with E-state index >= 15 is 0 Å². The summed E-state index contributed by atoms with van der Waals surface area (Å²) in [6, 6.07) is 14.2. The average Bonchev–Trinajstić information content (AvgIpc) is 3.18. The predicted molar refractivity (Wildman–Crippen MR) is 136 cm³/mol. The fraction of sp³-hybridized carbons (Fsp3) is 0.296. The molecule has 0 bridgehead atoms. The maximum Gasteiger partial charge on any atom is 0.338 e. The molecule has 1 aliphatic heterocycles. The molecular formula is C27H28N2O5S. The third-order valence-electron chi connectivity index (χ3n) is 5.72. The zero-order valence-corrected chi connectivity index (χ0v) is 21.1. The van der Waals surface area contributed by atoms with Gasteiger partial charge in [-0.3, -0.25) is 9.36 Å². The number of hydrogen-bond acceptors (Lipinski definition) is 7. The molecule has 7 nitrogen and oxygen atoms in total. The number of hydrogen-bond donors (Lipinski definition) is 0. The number of ether oxygens (including phenoxy) is 3. The van der Waals surface area contributed by atoms with E-state index in [-0.39, 0.29) is 12.2 Å². The van der Waals surface area contributed by atoms with Crippen molar-refractivity contribution in [2.24, 2.45) is 4.99 Å². The highest BCUT2D eigenvalue weighted by molar-refractivity contribution is 7.07. The Bertz CT molecular complexity index is 1440. The van der Waals surface area contributed by atoms with Crippen LogP contribution >= 0.6 is 11.3 Å². The van der Waals surface area contributed by atoms with Crippen LogP contribution in [0.1, 0.15) is 43.9 Å². The number of rotatable bonds is 8. The molecule has 2 heterocycles. The van der Waals surface area contributed by atoms with Crippen LogP contribution in [0.4, 0.5) is 0 Å². The lowest BCUT2D eigenvalue weighted by Gasteiger charge is -2.27. The Morgan fingerprint density at radius 3 is 2.54 bits per heavy atom. The summed E-state index contributed by atoms with van der Waals surface area (Å²) in [6.07, 6.45) is 3.19. The molecule has 0 radical (unpaired) electrons. The lowest BCUT2D eigenvalue weighted by molar-refractivity contribution is -0.139. The number of methoxy groups -OCH3 is 2. The normalized spacial score (nSPS) is 15.4. The van der Waals surface area contributed by atoms with Crippen molar-refractivity contribution in [3.05, 3.63) is 90.6 Å². The Hall–Kier alpha value is -3.65. The topological polar surface area (TPSA) is 79.1 Å². The number of fused-ring (bicyclic) bond motifs is 1. The molecule has 0 fully saturated rings. The summed E-state index contributed by atoms with van der Waals surface area (Å²) in [5.41, 5.74) is 2.27. The zero-order chi connectivity index (χ0) is 24.9. The van der Waals surface area contributed by atoms with Gasteiger partial charge in [-0.1, -0.05) is 55.0 Å². The van der Waals surface area contributed by atoms with Crippen LogP contribution in [0.25, 0.3) is 6.08 Å². The predicted octanol–water partition coefficient (Wildman–Crippen LogP) is 3.60. The molecule has 0 N–H and O–H groups in total. The number of thiazole rings is 1. The number of allylic oxidation sites excluding steroid dienone is 1. The Balaban J connectivity index is 2.06. The Kier molecular flexibility index (Phi) is 7.51. The Morgan fingerprint density at radius 1 is 1.11 bits per heavy atom. The molecular weight excluding hydrogens is 464 g/mol. The van der Waals surface area contributed by atoms with Crippen LogP contribution in [0.5, 0.6) is 11.5 Å². The largest absolute Gasteiger partial charge is 0.497 e. The van der Waals surface area contributed by atoms with Crippen molar-refractivity contribution < 1.29 is 19.0 Å². The minimum absolute atomic E-state index is 0.210. The maximum absolute atomic E-state index is 13.8. The molecule has 0 aliphatic carbocycles. The number of aromatic nitrogens is 1. The molecule has 4 rings (SSSR count). The van der Waals surface area contributed by atoms with Gasteiger partial charge in [0.25, 0.3) is 5.56 Å². The SMILES string of the molecule is CCCC1=C(C(=O)OCC)C(c2cc(OC)ccc2OC)n2c(s/c(=C/c3ccccc3)c2=O)=N1. The number of nitrogens with zero attached hydrogens (tertiary/aromatic N) is 2. The fourth-order valence-corrected chi connectivity index (χ4v) is 5.19. The van der Waals surface area contributed by atoms with E-state index in [9.17, 15) is 9.59 Å². The van der Waals surface area contributed by atoms with Crippen LogP contribution in [-0.4, -0.2) is 31.4 Å². The molecule has 8 heteroatoms. The smallest absolute Gasteiger partial charge is 0.338 e. The van der Waals surface area contributed by atoms with Gasteiger partial charge in [0.05, 0.1) is 36.6 Å². The fourth-order valence-electron chi connectivity index (χ4n) is 4.17. The molecule has 1 aromatic heterocycles. The first kappa shape index (κ1) is 24.5. The summed E-state index contributed by atoms with van der Waals surface area (Å²) < 4.78 is 18.7. The van der Waals surface area contributed by atoms with Gasteiger partial charge in [0, 0.05) is 5.56 Å². The molecule has 1 aliphatic rings. The Labute approximate surface area is 207 Å². The summed E-state index contributed by atoms with van der Waals surface area (Å²) in [6.45, 7) is 3.99. The third kappa shape index (κ3) is 4.79. The molecule has 0 spiro atoms. The first-order valence-electron chi connectivity index (χ1n) is 11.5. The highest BCUT2D eigenvalue weighted by atomic mass is 32.1. The van der Waals surface area contributed by atoms with E-state index in [1.165, 1.54) is 11.3 Å². The van der Waals surface area contributed by atoms with E-state index in [4.69, 9.17) is 19.2 Å². The second-order valence-electron chi connectivity index (χ2n) is 7.93. The Morgan fingerprint density at radius 2 is 1.89 bits per heavy atom. The number of carbonyl (C=O) groups excluding carboxylic acids is 1. The van der Waals surface area contributed by atoms with Crippen LogP contribution < -0.4 is 24.4 Å². The number of carbonyl (C=O) groups is 1. The van der Waals surface area contributed by atoms with Crippen molar-refractivity contribution in [3.8, 4) is 11.5 Å². The van der Waals surface area contributed by atoms with Crippen LogP contribution in [0, 0.1) is 0 Å².